The first kappa shape index (κ1) is 22.3. The van der Waals surface area contributed by atoms with E-state index in [0.717, 1.165) is 17.5 Å². The van der Waals surface area contributed by atoms with Gasteiger partial charge in [0, 0.05) is 5.69 Å². The van der Waals surface area contributed by atoms with E-state index >= 15 is 0 Å². The number of hydrogen-bond donors (Lipinski definition) is 1. The summed E-state index contributed by atoms with van der Waals surface area (Å²) in [6, 6.07) is 18.5. The molecular formula is C27H25FN2O3. The van der Waals surface area contributed by atoms with Gasteiger partial charge in [0.05, 0.1) is 17.9 Å². The summed E-state index contributed by atoms with van der Waals surface area (Å²) in [4.78, 5) is 28.3. The molecule has 0 radical (unpaired) electrons. The molecule has 2 amide bonds. The van der Waals surface area contributed by atoms with Crippen LogP contribution in [-0.2, 0) is 9.59 Å². The summed E-state index contributed by atoms with van der Waals surface area (Å²) in [5.41, 5.74) is 3.55. The number of hydrogen-bond acceptors (Lipinski definition) is 4. The Balaban J connectivity index is 1.79. The second kappa shape index (κ2) is 9.28. The molecule has 0 aromatic heterocycles. The molecule has 5 nitrogen and oxygen atoms in total. The fourth-order valence-electron chi connectivity index (χ4n) is 3.74. The van der Waals surface area contributed by atoms with Gasteiger partial charge < -0.3 is 10.1 Å². The van der Waals surface area contributed by atoms with Crippen LogP contribution in [0.4, 0.5) is 15.8 Å². The standard InChI is InChI=1S/C27H25FN2O3/c1-4-14-33-22-12-10-19(11-13-22)24-25(29-21-7-5-6-20(28)16-21)27(32)30(26(24)31)23-15-17(2)8-9-18(23)3/h5-13,15-16,29H,4,14H2,1-3H3. The molecule has 4 rings (SSSR count). The van der Waals surface area contributed by atoms with Crippen molar-refractivity contribution in [2.75, 3.05) is 16.8 Å². The minimum atomic E-state index is -0.487. The van der Waals surface area contributed by atoms with Crippen molar-refractivity contribution in [3.8, 4) is 5.75 Å². The van der Waals surface area contributed by atoms with Crippen molar-refractivity contribution in [1.29, 1.82) is 0 Å². The van der Waals surface area contributed by atoms with Crippen molar-refractivity contribution >= 4 is 28.8 Å². The number of benzene rings is 3. The van der Waals surface area contributed by atoms with E-state index in [1.807, 2.05) is 39.0 Å². The number of nitrogens with one attached hydrogen (secondary N) is 1. The monoisotopic (exact) mass is 444 g/mol. The highest BCUT2D eigenvalue weighted by Crippen LogP contribution is 2.36. The molecule has 0 saturated carbocycles. The van der Waals surface area contributed by atoms with Crippen molar-refractivity contribution in [2.24, 2.45) is 0 Å². The maximum Gasteiger partial charge on any atom is 0.282 e. The Bertz CT molecular complexity index is 1250. The number of amides is 2. The molecule has 1 N–H and O–H groups in total. The summed E-state index contributed by atoms with van der Waals surface area (Å²) in [6.45, 7) is 6.37. The summed E-state index contributed by atoms with van der Waals surface area (Å²) < 4.78 is 19.4. The van der Waals surface area contributed by atoms with E-state index in [0.29, 0.717) is 29.3 Å². The molecule has 33 heavy (non-hydrogen) atoms. The zero-order valence-corrected chi connectivity index (χ0v) is 18.8. The minimum Gasteiger partial charge on any atom is -0.494 e. The number of rotatable bonds is 7. The summed E-state index contributed by atoms with van der Waals surface area (Å²) in [5.74, 6) is -0.680. The first-order chi connectivity index (χ1) is 15.9. The predicted molar refractivity (Wildman–Crippen MR) is 128 cm³/mol. The predicted octanol–water partition coefficient (Wildman–Crippen LogP) is 5.63. The van der Waals surface area contributed by atoms with Crippen molar-refractivity contribution in [3.63, 3.8) is 0 Å². The van der Waals surface area contributed by atoms with Crippen LogP contribution in [0.25, 0.3) is 5.57 Å². The number of halogens is 1. The second-order valence-corrected chi connectivity index (χ2v) is 7.99. The number of nitrogens with zero attached hydrogens (tertiary/aromatic N) is 1. The van der Waals surface area contributed by atoms with Gasteiger partial charge in [0.25, 0.3) is 11.8 Å². The molecule has 3 aromatic carbocycles. The second-order valence-electron chi connectivity index (χ2n) is 7.99. The third kappa shape index (κ3) is 4.51. The minimum absolute atomic E-state index is 0.105. The van der Waals surface area contributed by atoms with E-state index in [2.05, 4.69) is 5.32 Å². The quantitative estimate of drug-likeness (QED) is 0.480. The average molecular weight is 445 g/mol. The zero-order chi connectivity index (χ0) is 23.5. The molecule has 6 heteroatoms. The highest BCUT2D eigenvalue weighted by molar-refractivity contribution is 6.46. The highest BCUT2D eigenvalue weighted by Gasteiger charge is 2.40. The maximum atomic E-state index is 13.8. The van der Waals surface area contributed by atoms with E-state index in [4.69, 9.17) is 4.74 Å². The smallest absolute Gasteiger partial charge is 0.282 e. The Morgan fingerprint density at radius 3 is 2.39 bits per heavy atom. The lowest BCUT2D eigenvalue weighted by molar-refractivity contribution is -0.120. The molecule has 0 saturated heterocycles. The fourth-order valence-corrected chi connectivity index (χ4v) is 3.74. The van der Waals surface area contributed by atoms with Gasteiger partial charge in [0.15, 0.2) is 0 Å². The van der Waals surface area contributed by atoms with E-state index in [1.54, 1.807) is 36.4 Å². The number of aryl methyl sites for hydroxylation is 2. The number of imide groups is 1. The van der Waals surface area contributed by atoms with Crippen LogP contribution >= 0.6 is 0 Å². The Kier molecular flexibility index (Phi) is 6.27. The molecule has 1 heterocycles. The van der Waals surface area contributed by atoms with Gasteiger partial charge in [-0.1, -0.05) is 37.3 Å². The molecule has 0 atom stereocenters. The van der Waals surface area contributed by atoms with Gasteiger partial charge in [-0.2, -0.15) is 0 Å². The highest BCUT2D eigenvalue weighted by atomic mass is 19.1. The molecule has 168 valence electrons. The number of carbonyl (C=O) groups excluding carboxylic acids is 2. The van der Waals surface area contributed by atoms with Crippen molar-refractivity contribution < 1.29 is 18.7 Å². The fraction of sp³-hybridized carbons (Fsp3) is 0.185. The Labute approximate surface area is 192 Å². The molecule has 1 aliphatic heterocycles. The Morgan fingerprint density at radius 2 is 1.70 bits per heavy atom. The average Bonchev–Trinajstić information content (AvgIpc) is 3.03. The van der Waals surface area contributed by atoms with Crippen molar-refractivity contribution in [3.05, 3.63) is 94.9 Å². The van der Waals surface area contributed by atoms with E-state index in [-0.39, 0.29) is 11.3 Å². The van der Waals surface area contributed by atoms with E-state index in [9.17, 15) is 14.0 Å². The topological polar surface area (TPSA) is 58.6 Å². The van der Waals surface area contributed by atoms with Crippen LogP contribution in [0.1, 0.15) is 30.0 Å². The molecular weight excluding hydrogens is 419 g/mol. The van der Waals surface area contributed by atoms with E-state index in [1.165, 1.54) is 17.0 Å². The Hall–Kier alpha value is -3.93. The summed E-state index contributed by atoms with van der Waals surface area (Å²) in [5, 5.41) is 2.99. The third-order valence-electron chi connectivity index (χ3n) is 5.40. The Morgan fingerprint density at radius 1 is 0.939 bits per heavy atom. The largest absolute Gasteiger partial charge is 0.494 e. The number of ether oxygens (including phenoxy) is 1. The van der Waals surface area contributed by atoms with Gasteiger partial charge in [-0.3, -0.25) is 9.59 Å². The van der Waals surface area contributed by atoms with Gasteiger partial charge in [0.2, 0.25) is 0 Å². The van der Waals surface area contributed by atoms with Crippen molar-refractivity contribution in [1.82, 2.24) is 0 Å². The lowest BCUT2D eigenvalue weighted by Crippen LogP contribution is -2.33. The lowest BCUT2D eigenvalue weighted by atomic mass is 10.0. The lowest BCUT2D eigenvalue weighted by Gasteiger charge is -2.18. The molecule has 1 aliphatic rings. The summed E-state index contributed by atoms with van der Waals surface area (Å²) in [7, 11) is 0. The van der Waals surface area contributed by atoms with Crippen LogP contribution in [0, 0.1) is 19.7 Å². The molecule has 0 bridgehead atoms. The molecule has 0 fully saturated rings. The van der Waals surface area contributed by atoms with Gasteiger partial charge in [0.1, 0.15) is 17.3 Å². The maximum absolute atomic E-state index is 13.8. The zero-order valence-electron chi connectivity index (χ0n) is 18.8. The normalized spacial score (nSPS) is 13.6. The molecule has 0 unspecified atom stereocenters. The summed E-state index contributed by atoms with van der Waals surface area (Å²) >= 11 is 0. The van der Waals surface area contributed by atoms with Crippen LogP contribution < -0.4 is 15.0 Å². The summed E-state index contributed by atoms with van der Waals surface area (Å²) in [6.07, 6.45) is 0.881. The van der Waals surface area contributed by atoms with Gasteiger partial charge in [-0.25, -0.2) is 9.29 Å². The SMILES string of the molecule is CCCOc1ccc(C2=C(Nc3cccc(F)c3)C(=O)N(c3cc(C)ccc3C)C2=O)cc1. The van der Waals surface area contributed by atoms with Crippen LogP contribution in [0.2, 0.25) is 0 Å². The first-order valence-corrected chi connectivity index (χ1v) is 10.8. The third-order valence-corrected chi connectivity index (χ3v) is 5.40. The van der Waals surface area contributed by atoms with Crippen LogP contribution in [0.5, 0.6) is 5.75 Å². The van der Waals surface area contributed by atoms with Crippen molar-refractivity contribution in [2.45, 2.75) is 27.2 Å². The number of carbonyl (C=O) groups is 2. The van der Waals surface area contributed by atoms with E-state index < -0.39 is 17.6 Å². The van der Waals surface area contributed by atoms with Crippen LogP contribution in [0.15, 0.2) is 72.4 Å². The first-order valence-electron chi connectivity index (χ1n) is 10.8. The van der Waals surface area contributed by atoms with Crippen LogP contribution in [0.3, 0.4) is 0 Å². The van der Waals surface area contributed by atoms with Gasteiger partial charge in [-0.15, -0.1) is 0 Å². The van der Waals surface area contributed by atoms with Gasteiger partial charge >= 0.3 is 0 Å². The molecule has 3 aromatic rings. The van der Waals surface area contributed by atoms with Crippen LogP contribution in [-0.4, -0.2) is 18.4 Å². The molecule has 0 aliphatic carbocycles. The van der Waals surface area contributed by atoms with Gasteiger partial charge in [-0.05, 0) is 73.4 Å². The number of anilines is 2. The molecule has 0 spiro atoms.